The number of nitrogens with two attached hydrogens (primary N) is 1. The van der Waals surface area contributed by atoms with E-state index in [9.17, 15) is 0 Å². The monoisotopic (exact) mass is 227 g/mol. The summed E-state index contributed by atoms with van der Waals surface area (Å²) >= 11 is 0. The second-order valence-corrected chi connectivity index (χ2v) is 4.03. The number of nitrogens with one attached hydrogen (secondary N) is 2. The first kappa shape index (κ1) is 10.0. The molecule has 1 atom stereocenters. The van der Waals surface area contributed by atoms with Crippen LogP contribution in [0.5, 0.6) is 0 Å². The Morgan fingerprint density at radius 1 is 1.29 bits per heavy atom. The largest absolute Gasteiger partial charge is 0.348 e. The van der Waals surface area contributed by atoms with Crippen molar-refractivity contribution in [3.63, 3.8) is 0 Å². The van der Waals surface area contributed by atoms with Crippen LogP contribution in [0, 0.1) is 0 Å². The molecule has 0 bridgehead atoms. The van der Waals surface area contributed by atoms with E-state index in [0.717, 1.165) is 22.6 Å². The molecule has 0 amide bonds. The third kappa shape index (κ3) is 1.92. The van der Waals surface area contributed by atoms with E-state index >= 15 is 0 Å². The summed E-state index contributed by atoms with van der Waals surface area (Å²) in [6.45, 7) is 0. The minimum absolute atomic E-state index is 0.150. The van der Waals surface area contributed by atoms with Crippen molar-refractivity contribution in [3.8, 4) is 0 Å². The van der Waals surface area contributed by atoms with Gasteiger partial charge in [0.1, 0.15) is 5.82 Å². The lowest BCUT2D eigenvalue weighted by Gasteiger charge is -2.05. The highest BCUT2D eigenvalue weighted by atomic mass is 15.0. The van der Waals surface area contributed by atoms with Gasteiger partial charge in [0.05, 0.1) is 23.4 Å². The Bertz CT molecular complexity index is 578. The standard InChI is InChI=1S/C12H13N5/c13-9(5-8-6-14-7-15-8)12-16-10-3-1-2-4-11(10)17-12/h1-4,6-7,9H,5,13H2,(H,14,15)(H,16,17). The van der Waals surface area contributed by atoms with Crippen LogP contribution in [-0.4, -0.2) is 19.9 Å². The molecule has 5 nitrogen and oxygen atoms in total. The molecule has 0 aliphatic heterocycles. The number of imidazole rings is 2. The Labute approximate surface area is 98.1 Å². The molecule has 0 spiro atoms. The lowest BCUT2D eigenvalue weighted by Crippen LogP contribution is -2.15. The average Bonchev–Trinajstić information content (AvgIpc) is 2.96. The van der Waals surface area contributed by atoms with Gasteiger partial charge < -0.3 is 15.7 Å². The second-order valence-electron chi connectivity index (χ2n) is 4.03. The number of aromatic nitrogens is 4. The molecule has 0 radical (unpaired) electrons. The summed E-state index contributed by atoms with van der Waals surface area (Å²) in [7, 11) is 0. The van der Waals surface area contributed by atoms with E-state index in [1.54, 1.807) is 12.5 Å². The zero-order valence-corrected chi connectivity index (χ0v) is 9.22. The number of hydrogen-bond acceptors (Lipinski definition) is 3. The fourth-order valence-electron chi connectivity index (χ4n) is 1.88. The van der Waals surface area contributed by atoms with Gasteiger partial charge >= 0.3 is 0 Å². The fraction of sp³-hybridized carbons (Fsp3) is 0.167. The van der Waals surface area contributed by atoms with E-state index in [-0.39, 0.29) is 6.04 Å². The summed E-state index contributed by atoms with van der Waals surface area (Å²) in [6, 6.07) is 7.76. The van der Waals surface area contributed by atoms with Crippen molar-refractivity contribution in [2.75, 3.05) is 0 Å². The summed E-state index contributed by atoms with van der Waals surface area (Å²) in [5, 5.41) is 0. The molecule has 1 aromatic carbocycles. The van der Waals surface area contributed by atoms with E-state index in [4.69, 9.17) is 5.73 Å². The van der Waals surface area contributed by atoms with Gasteiger partial charge in [-0.05, 0) is 12.1 Å². The van der Waals surface area contributed by atoms with Crippen molar-refractivity contribution in [3.05, 3.63) is 48.3 Å². The summed E-state index contributed by atoms with van der Waals surface area (Å²) in [5.41, 5.74) is 9.08. The molecule has 0 aliphatic carbocycles. The number of para-hydroxylation sites is 2. The van der Waals surface area contributed by atoms with E-state index < -0.39 is 0 Å². The third-order valence-electron chi connectivity index (χ3n) is 2.75. The number of hydrogen-bond donors (Lipinski definition) is 3. The lowest BCUT2D eigenvalue weighted by atomic mass is 10.2. The van der Waals surface area contributed by atoms with E-state index in [2.05, 4.69) is 19.9 Å². The molecule has 3 aromatic rings. The summed E-state index contributed by atoms with van der Waals surface area (Å²) in [5.74, 6) is 0.806. The van der Waals surface area contributed by atoms with Crippen molar-refractivity contribution >= 4 is 11.0 Å². The van der Waals surface area contributed by atoms with Gasteiger partial charge in [-0.3, -0.25) is 0 Å². The van der Waals surface area contributed by atoms with Gasteiger partial charge in [0.2, 0.25) is 0 Å². The number of H-pyrrole nitrogens is 2. The number of benzene rings is 1. The van der Waals surface area contributed by atoms with Crippen LogP contribution < -0.4 is 5.73 Å². The molecule has 5 heteroatoms. The van der Waals surface area contributed by atoms with Gasteiger partial charge in [-0.25, -0.2) is 9.97 Å². The quantitative estimate of drug-likeness (QED) is 0.634. The zero-order valence-electron chi connectivity index (χ0n) is 9.22. The topological polar surface area (TPSA) is 83.4 Å². The van der Waals surface area contributed by atoms with E-state index in [1.807, 2.05) is 24.3 Å². The predicted molar refractivity (Wildman–Crippen MR) is 65.3 cm³/mol. The predicted octanol–water partition coefficient (Wildman–Crippen LogP) is 1.53. The second kappa shape index (κ2) is 4.03. The Morgan fingerprint density at radius 3 is 2.94 bits per heavy atom. The van der Waals surface area contributed by atoms with Gasteiger partial charge in [-0.2, -0.15) is 0 Å². The molecular weight excluding hydrogens is 214 g/mol. The van der Waals surface area contributed by atoms with Crippen LogP contribution in [0.3, 0.4) is 0 Å². The molecule has 17 heavy (non-hydrogen) atoms. The van der Waals surface area contributed by atoms with Gasteiger partial charge in [0.25, 0.3) is 0 Å². The SMILES string of the molecule is NC(Cc1cnc[nH]1)c1nc2ccccc2[nH]1. The summed E-state index contributed by atoms with van der Waals surface area (Å²) in [6.07, 6.45) is 4.13. The Morgan fingerprint density at radius 2 is 2.18 bits per heavy atom. The van der Waals surface area contributed by atoms with E-state index in [1.165, 1.54) is 0 Å². The number of nitrogens with zero attached hydrogens (tertiary/aromatic N) is 2. The molecule has 1 unspecified atom stereocenters. The normalized spacial score (nSPS) is 13.0. The minimum atomic E-state index is -0.150. The number of fused-ring (bicyclic) bond motifs is 1. The molecule has 2 aromatic heterocycles. The Balaban J connectivity index is 1.88. The highest BCUT2D eigenvalue weighted by molar-refractivity contribution is 5.74. The average molecular weight is 227 g/mol. The van der Waals surface area contributed by atoms with Crippen LogP contribution in [0.25, 0.3) is 11.0 Å². The van der Waals surface area contributed by atoms with Gasteiger partial charge in [-0.15, -0.1) is 0 Å². The van der Waals surface area contributed by atoms with Gasteiger partial charge in [-0.1, -0.05) is 12.1 Å². The van der Waals surface area contributed by atoms with Crippen molar-refractivity contribution in [1.29, 1.82) is 0 Å². The first-order chi connectivity index (χ1) is 8.33. The van der Waals surface area contributed by atoms with Crippen LogP contribution in [0.2, 0.25) is 0 Å². The van der Waals surface area contributed by atoms with Crippen molar-refractivity contribution in [2.24, 2.45) is 5.73 Å². The van der Waals surface area contributed by atoms with Crippen LogP contribution in [0.4, 0.5) is 0 Å². The number of aromatic amines is 2. The smallest absolute Gasteiger partial charge is 0.124 e. The van der Waals surface area contributed by atoms with Crippen molar-refractivity contribution in [1.82, 2.24) is 19.9 Å². The highest BCUT2D eigenvalue weighted by Gasteiger charge is 2.12. The molecule has 0 saturated carbocycles. The molecular formula is C12H13N5. The third-order valence-corrected chi connectivity index (χ3v) is 2.75. The molecule has 4 N–H and O–H groups in total. The van der Waals surface area contributed by atoms with Gasteiger partial charge in [0, 0.05) is 18.3 Å². The summed E-state index contributed by atoms with van der Waals surface area (Å²) in [4.78, 5) is 14.7. The van der Waals surface area contributed by atoms with Crippen molar-refractivity contribution in [2.45, 2.75) is 12.5 Å². The maximum Gasteiger partial charge on any atom is 0.124 e. The molecule has 86 valence electrons. The Hall–Kier alpha value is -2.14. The maximum absolute atomic E-state index is 6.11. The molecule has 3 rings (SSSR count). The van der Waals surface area contributed by atoms with Crippen LogP contribution in [-0.2, 0) is 6.42 Å². The highest BCUT2D eigenvalue weighted by Crippen LogP contribution is 2.16. The fourth-order valence-corrected chi connectivity index (χ4v) is 1.88. The molecule has 0 fully saturated rings. The summed E-state index contributed by atoms with van der Waals surface area (Å²) < 4.78 is 0. The van der Waals surface area contributed by atoms with Crippen molar-refractivity contribution < 1.29 is 0 Å². The molecule has 0 saturated heterocycles. The minimum Gasteiger partial charge on any atom is -0.348 e. The maximum atomic E-state index is 6.11. The Kier molecular flexibility index (Phi) is 2.38. The van der Waals surface area contributed by atoms with Crippen LogP contribution in [0.15, 0.2) is 36.8 Å². The first-order valence-electron chi connectivity index (χ1n) is 5.50. The zero-order chi connectivity index (χ0) is 11.7. The first-order valence-corrected chi connectivity index (χ1v) is 5.50. The van der Waals surface area contributed by atoms with Gasteiger partial charge in [0.15, 0.2) is 0 Å². The lowest BCUT2D eigenvalue weighted by molar-refractivity contribution is 0.671. The van der Waals surface area contributed by atoms with Crippen LogP contribution >= 0.6 is 0 Å². The number of rotatable bonds is 3. The molecule has 0 aliphatic rings. The van der Waals surface area contributed by atoms with E-state index in [0.29, 0.717) is 6.42 Å². The van der Waals surface area contributed by atoms with Crippen LogP contribution in [0.1, 0.15) is 17.6 Å². The molecule has 2 heterocycles.